The minimum atomic E-state index is -0.415. The molecule has 1 atom stereocenters. The van der Waals surface area contributed by atoms with Crippen molar-refractivity contribution in [3.8, 4) is 0 Å². The third-order valence-electron chi connectivity index (χ3n) is 5.46. The predicted molar refractivity (Wildman–Crippen MR) is 106 cm³/mol. The highest BCUT2D eigenvalue weighted by atomic mass is 16.2. The van der Waals surface area contributed by atoms with Crippen molar-refractivity contribution in [2.45, 2.75) is 13.0 Å². The molecule has 6 nitrogen and oxygen atoms in total. The number of imide groups is 1. The average Bonchev–Trinajstić information content (AvgIpc) is 2.68. The number of fused-ring (bicyclic) bond motifs is 1. The van der Waals surface area contributed by atoms with Gasteiger partial charge in [-0.3, -0.25) is 19.7 Å². The van der Waals surface area contributed by atoms with Crippen LogP contribution in [0.4, 0.5) is 5.69 Å². The van der Waals surface area contributed by atoms with E-state index in [4.69, 9.17) is 0 Å². The highest BCUT2D eigenvalue weighted by molar-refractivity contribution is 6.27. The molecule has 6 heteroatoms. The summed E-state index contributed by atoms with van der Waals surface area (Å²) in [6.07, 6.45) is 0. The summed E-state index contributed by atoms with van der Waals surface area (Å²) in [7, 11) is 0. The van der Waals surface area contributed by atoms with Gasteiger partial charge in [0.25, 0.3) is 17.7 Å². The Kier molecular flexibility index (Phi) is 3.49. The Hall–Kier alpha value is -3.67. The first-order chi connectivity index (χ1) is 13.5. The Morgan fingerprint density at radius 2 is 1.68 bits per heavy atom. The molecule has 0 fully saturated rings. The number of aryl methyl sites for hydroxylation is 1. The second kappa shape index (κ2) is 5.92. The van der Waals surface area contributed by atoms with Gasteiger partial charge in [0.1, 0.15) is 0 Å². The van der Waals surface area contributed by atoms with Crippen LogP contribution in [0.25, 0.3) is 10.8 Å². The lowest BCUT2D eigenvalue weighted by Crippen LogP contribution is -2.39. The molecule has 3 aromatic carbocycles. The SMILES string of the molecule is Cc1cccc2c1C(Nc1ccc3cccc4c3c1C(=O)NC4=O)CNC2=O. The summed E-state index contributed by atoms with van der Waals surface area (Å²) in [6.45, 7) is 2.39. The maximum absolute atomic E-state index is 12.7. The number of amides is 3. The Morgan fingerprint density at radius 3 is 2.54 bits per heavy atom. The molecule has 138 valence electrons. The Balaban J connectivity index is 1.66. The summed E-state index contributed by atoms with van der Waals surface area (Å²) < 4.78 is 0. The molecule has 0 aromatic heterocycles. The molecule has 2 aliphatic rings. The van der Waals surface area contributed by atoms with Gasteiger partial charge in [-0.15, -0.1) is 0 Å². The van der Waals surface area contributed by atoms with Gasteiger partial charge in [-0.1, -0.05) is 30.3 Å². The zero-order valence-electron chi connectivity index (χ0n) is 15.1. The quantitative estimate of drug-likeness (QED) is 0.605. The van der Waals surface area contributed by atoms with Crippen molar-refractivity contribution >= 4 is 34.2 Å². The van der Waals surface area contributed by atoms with E-state index in [0.717, 1.165) is 16.5 Å². The zero-order chi connectivity index (χ0) is 19.4. The zero-order valence-corrected chi connectivity index (χ0v) is 15.1. The fraction of sp³-hybridized carbons (Fsp3) is 0.136. The molecular formula is C22H17N3O3. The highest BCUT2D eigenvalue weighted by Crippen LogP contribution is 2.35. The van der Waals surface area contributed by atoms with Gasteiger partial charge in [-0.2, -0.15) is 0 Å². The number of carbonyl (C=O) groups excluding carboxylic acids is 3. The molecule has 3 N–H and O–H groups in total. The van der Waals surface area contributed by atoms with Crippen molar-refractivity contribution in [1.82, 2.24) is 10.6 Å². The van der Waals surface area contributed by atoms with Crippen molar-refractivity contribution in [2.75, 3.05) is 11.9 Å². The molecule has 2 heterocycles. The van der Waals surface area contributed by atoms with Gasteiger partial charge < -0.3 is 10.6 Å². The van der Waals surface area contributed by atoms with Crippen LogP contribution in [0.1, 0.15) is 48.2 Å². The van der Waals surface area contributed by atoms with E-state index >= 15 is 0 Å². The van der Waals surface area contributed by atoms with Crippen molar-refractivity contribution in [1.29, 1.82) is 0 Å². The number of anilines is 1. The van der Waals surface area contributed by atoms with Gasteiger partial charge in [0.2, 0.25) is 0 Å². The molecule has 0 saturated heterocycles. The van der Waals surface area contributed by atoms with Crippen LogP contribution in [0.2, 0.25) is 0 Å². The van der Waals surface area contributed by atoms with Gasteiger partial charge >= 0.3 is 0 Å². The van der Waals surface area contributed by atoms with Crippen LogP contribution in [0, 0.1) is 6.92 Å². The van der Waals surface area contributed by atoms with Gasteiger partial charge in [0, 0.05) is 28.7 Å². The van der Waals surface area contributed by atoms with Crippen LogP contribution in [-0.4, -0.2) is 24.3 Å². The molecular weight excluding hydrogens is 354 g/mol. The lowest BCUT2D eigenvalue weighted by molar-refractivity contribution is 0.0843. The first-order valence-corrected chi connectivity index (χ1v) is 9.10. The maximum Gasteiger partial charge on any atom is 0.260 e. The number of nitrogens with one attached hydrogen (secondary N) is 3. The first kappa shape index (κ1) is 16.5. The topological polar surface area (TPSA) is 87.3 Å². The molecule has 0 spiro atoms. The molecule has 3 aromatic rings. The van der Waals surface area contributed by atoms with E-state index in [-0.39, 0.29) is 17.9 Å². The summed E-state index contributed by atoms with van der Waals surface area (Å²) in [4.78, 5) is 37.1. The number of hydrogen-bond donors (Lipinski definition) is 3. The lowest BCUT2D eigenvalue weighted by atomic mass is 9.90. The number of rotatable bonds is 2. The summed E-state index contributed by atoms with van der Waals surface area (Å²) in [5.74, 6) is -0.893. The van der Waals surface area contributed by atoms with E-state index in [9.17, 15) is 14.4 Å². The summed E-state index contributed by atoms with van der Waals surface area (Å²) in [5.41, 5.74) is 4.17. The predicted octanol–water partition coefficient (Wildman–Crippen LogP) is 2.93. The molecule has 0 bridgehead atoms. The van der Waals surface area contributed by atoms with Crippen molar-refractivity contribution < 1.29 is 14.4 Å². The molecule has 1 unspecified atom stereocenters. The van der Waals surface area contributed by atoms with Crippen LogP contribution in [0.3, 0.4) is 0 Å². The molecule has 0 saturated carbocycles. The van der Waals surface area contributed by atoms with E-state index in [0.29, 0.717) is 34.3 Å². The van der Waals surface area contributed by atoms with Crippen LogP contribution in [0.15, 0.2) is 48.5 Å². The molecule has 2 aliphatic heterocycles. The summed E-state index contributed by atoms with van der Waals surface area (Å²) in [6, 6.07) is 14.6. The van der Waals surface area contributed by atoms with E-state index < -0.39 is 5.91 Å². The standard InChI is InChI=1S/C22H17N3O3/c1-11-4-2-6-13-17(11)16(10-23-20(13)26)24-15-9-8-12-5-3-7-14-18(12)19(15)22(28)25-21(14)27/h2-9,16,24H,10H2,1H3,(H,23,26)(H,25,27,28). The number of carbonyl (C=O) groups is 3. The Morgan fingerprint density at radius 1 is 0.893 bits per heavy atom. The molecule has 0 aliphatic carbocycles. The Labute approximate surface area is 160 Å². The average molecular weight is 371 g/mol. The second-order valence-corrected chi connectivity index (χ2v) is 7.12. The smallest absolute Gasteiger partial charge is 0.260 e. The van der Waals surface area contributed by atoms with Crippen LogP contribution >= 0.6 is 0 Å². The van der Waals surface area contributed by atoms with Gasteiger partial charge in [0.15, 0.2) is 0 Å². The van der Waals surface area contributed by atoms with Crippen molar-refractivity contribution in [2.24, 2.45) is 0 Å². The van der Waals surface area contributed by atoms with Crippen molar-refractivity contribution in [3.63, 3.8) is 0 Å². The monoisotopic (exact) mass is 371 g/mol. The van der Waals surface area contributed by atoms with Crippen LogP contribution in [-0.2, 0) is 0 Å². The molecule has 5 rings (SSSR count). The maximum atomic E-state index is 12.7. The second-order valence-electron chi connectivity index (χ2n) is 7.12. The number of hydrogen-bond acceptors (Lipinski definition) is 4. The van der Waals surface area contributed by atoms with E-state index in [1.807, 2.05) is 37.3 Å². The normalized spacial score (nSPS) is 17.8. The largest absolute Gasteiger partial charge is 0.376 e. The van der Waals surface area contributed by atoms with E-state index in [1.54, 1.807) is 18.2 Å². The molecule has 3 amide bonds. The minimum absolute atomic E-state index is 0.0952. The third-order valence-corrected chi connectivity index (χ3v) is 5.46. The van der Waals surface area contributed by atoms with E-state index in [1.165, 1.54) is 0 Å². The third kappa shape index (κ3) is 2.31. The first-order valence-electron chi connectivity index (χ1n) is 9.10. The van der Waals surface area contributed by atoms with Gasteiger partial charge in [0.05, 0.1) is 11.6 Å². The van der Waals surface area contributed by atoms with Crippen LogP contribution < -0.4 is 16.0 Å². The minimum Gasteiger partial charge on any atom is -0.376 e. The van der Waals surface area contributed by atoms with E-state index in [2.05, 4.69) is 16.0 Å². The molecule has 0 radical (unpaired) electrons. The van der Waals surface area contributed by atoms with Crippen molar-refractivity contribution in [3.05, 3.63) is 76.3 Å². The number of benzene rings is 3. The highest BCUT2D eigenvalue weighted by Gasteiger charge is 2.31. The summed E-state index contributed by atoms with van der Waals surface area (Å²) >= 11 is 0. The van der Waals surface area contributed by atoms with Gasteiger partial charge in [-0.05, 0) is 41.6 Å². The Bertz CT molecular complexity index is 1200. The lowest BCUT2D eigenvalue weighted by Gasteiger charge is -2.30. The fourth-order valence-electron chi connectivity index (χ4n) is 4.20. The fourth-order valence-corrected chi connectivity index (χ4v) is 4.20. The molecule has 28 heavy (non-hydrogen) atoms. The van der Waals surface area contributed by atoms with Crippen LogP contribution in [0.5, 0.6) is 0 Å². The summed E-state index contributed by atoms with van der Waals surface area (Å²) in [5, 5.41) is 10.3. The van der Waals surface area contributed by atoms with Gasteiger partial charge in [-0.25, -0.2) is 0 Å².